The lowest BCUT2D eigenvalue weighted by Gasteiger charge is -2.36. The summed E-state index contributed by atoms with van der Waals surface area (Å²) in [5.74, 6) is 3.07. The van der Waals surface area contributed by atoms with Crippen LogP contribution in [-0.2, 0) is 6.54 Å². The molecule has 6 heteroatoms. The first-order chi connectivity index (χ1) is 11.1. The Hall–Kier alpha value is -2.11. The highest BCUT2D eigenvalue weighted by molar-refractivity contribution is 5.94. The molecule has 1 aliphatic heterocycles. The smallest absolute Gasteiger partial charge is 0.256 e. The molecule has 1 N–H and O–H groups in total. The number of hydrogen-bond acceptors (Lipinski definition) is 3. The summed E-state index contributed by atoms with van der Waals surface area (Å²) >= 11 is 0. The number of aromatic amines is 1. The van der Waals surface area contributed by atoms with Crippen molar-refractivity contribution in [3.8, 4) is 0 Å². The van der Waals surface area contributed by atoms with Crippen LogP contribution in [0.15, 0.2) is 18.5 Å². The number of nitrogens with one attached hydrogen (secondary N) is 1. The van der Waals surface area contributed by atoms with E-state index in [-0.39, 0.29) is 11.9 Å². The summed E-state index contributed by atoms with van der Waals surface area (Å²) in [5, 5.41) is 4.69. The minimum Gasteiger partial charge on any atom is -0.367 e. The largest absolute Gasteiger partial charge is 0.367 e. The third-order valence-electron chi connectivity index (χ3n) is 4.69. The average Bonchev–Trinajstić information content (AvgIpc) is 3.06. The monoisotopic (exact) mass is 313 g/mol. The molecule has 0 bridgehead atoms. The standard InChI is InChI=1S/C17H23N5O/c1-11(2)9-14-16-19-15(12-3-4-12)20-22(16)8-7-21(14)17(23)13-5-6-18-10-13/h5-6,10-12,14,18H,3-4,7-9H2,1-2H3/t14-/m0/s1. The van der Waals surface area contributed by atoms with E-state index in [0.717, 1.165) is 24.6 Å². The molecule has 2 aromatic heterocycles. The molecule has 1 atom stereocenters. The maximum Gasteiger partial charge on any atom is 0.256 e. The Morgan fingerprint density at radius 2 is 2.22 bits per heavy atom. The summed E-state index contributed by atoms with van der Waals surface area (Å²) in [6, 6.07) is 1.86. The molecule has 2 aliphatic rings. The van der Waals surface area contributed by atoms with E-state index >= 15 is 0 Å². The maximum absolute atomic E-state index is 12.9. The van der Waals surface area contributed by atoms with Crippen LogP contribution in [0.1, 0.15) is 67.1 Å². The number of carbonyl (C=O) groups excluding carboxylic acids is 1. The van der Waals surface area contributed by atoms with Gasteiger partial charge in [-0.1, -0.05) is 13.8 Å². The molecule has 1 saturated carbocycles. The van der Waals surface area contributed by atoms with Crippen molar-refractivity contribution in [1.29, 1.82) is 0 Å². The molecule has 0 unspecified atom stereocenters. The summed E-state index contributed by atoms with van der Waals surface area (Å²) in [6.45, 7) is 5.81. The third kappa shape index (κ3) is 2.66. The highest BCUT2D eigenvalue weighted by Gasteiger charge is 2.37. The van der Waals surface area contributed by atoms with Gasteiger partial charge < -0.3 is 9.88 Å². The van der Waals surface area contributed by atoms with Crippen LogP contribution in [0.2, 0.25) is 0 Å². The SMILES string of the molecule is CC(C)C[C@H]1c2nc(C3CC3)nn2CCN1C(=O)c1cc[nH]c1. The fraction of sp³-hybridized carbons (Fsp3) is 0.588. The van der Waals surface area contributed by atoms with Gasteiger partial charge in [-0.15, -0.1) is 0 Å². The average molecular weight is 313 g/mol. The fourth-order valence-electron chi connectivity index (χ4n) is 3.34. The lowest BCUT2D eigenvalue weighted by Crippen LogP contribution is -2.43. The number of rotatable bonds is 4. The van der Waals surface area contributed by atoms with Crippen molar-refractivity contribution < 1.29 is 4.79 Å². The van der Waals surface area contributed by atoms with Crippen molar-refractivity contribution in [1.82, 2.24) is 24.6 Å². The first kappa shape index (κ1) is 14.5. The third-order valence-corrected chi connectivity index (χ3v) is 4.69. The predicted molar refractivity (Wildman–Crippen MR) is 86.0 cm³/mol. The van der Waals surface area contributed by atoms with Gasteiger partial charge in [-0.3, -0.25) is 4.79 Å². The van der Waals surface area contributed by atoms with Crippen LogP contribution in [-0.4, -0.2) is 37.1 Å². The zero-order valence-electron chi connectivity index (χ0n) is 13.7. The van der Waals surface area contributed by atoms with Gasteiger partial charge in [-0.25, -0.2) is 9.67 Å². The van der Waals surface area contributed by atoms with Crippen molar-refractivity contribution in [3.05, 3.63) is 35.7 Å². The molecule has 3 heterocycles. The fourth-order valence-corrected chi connectivity index (χ4v) is 3.34. The van der Waals surface area contributed by atoms with Gasteiger partial charge in [0, 0.05) is 24.9 Å². The molecule has 2 aromatic rings. The van der Waals surface area contributed by atoms with Gasteiger partial charge in [0.05, 0.1) is 18.2 Å². The molecule has 1 aliphatic carbocycles. The van der Waals surface area contributed by atoms with Crippen LogP contribution >= 0.6 is 0 Å². The number of H-pyrrole nitrogens is 1. The summed E-state index contributed by atoms with van der Waals surface area (Å²) in [5.41, 5.74) is 0.717. The van der Waals surface area contributed by atoms with E-state index in [2.05, 4.69) is 23.9 Å². The lowest BCUT2D eigenvalue weighted by atomic mass is 9.99. The Kier molecular flexibility index (Phi) is 3.47. The number of amides is 1. The number of nitrogens with zero attached hydrogens (tertiary/aromatic N) is 4. The van der Waals surface area contributed by atoms with Gasteiger partial charge in [0.15, 0.2) is 5.82 Å². The van der Waals surface area contributed by atoms with E-state index in [1.165, 1.54) is 12.8 Å². The molecule has 23 heavy (non-hydrogen) atoms. The minimum absolute atomic E-state index is 0.0196. The van der Waals surface area contributed by atoms with Crippen LogP contribution in [0.3, 0.4) is 0 Å². The molecular weight excluding hydrogens is 290 g/mol. The Labute approximate surface area is 135 Å². The van der Waals surface area contributed by atoms with Gasteiger partial charge >= 0.3 is 0 Å². The van der Waals surface area contributed by atoms with Crippen molar-refractivity contribution in [2.45, 2.75) is 51.6 Å². The number of hydrogen-bond donors (Lipinski definition) is 1. The summed E-state index contributed by atoms with van der Waals surface area (Å²) < 4.78 is 2.03. The minimum atomic E-state index is 0.0196. The zero-order valence-corrected chi connectivity index (χ0v) is 13.7. The van der Waals surface area contributed by atoms with E-state index in [9.17, 15) is 4.79 Å². The van der Waals surface area contributed by atoms with Gasteiger partial charge in [-0.05, 0) is 31.2 Å². The first-order valence-corrected chi connectivity index (χ1v) is 8.52. The number of fused-ring (bicyclic) bond motifs is 1. The van der Waals surface area contributed by atoms with Crippen LogP contribution in [0, 0.1) is 5.92 Å². The number of aromatic nitrogens is 4. The first-order valence-electron chi connectivity index (χ1n) is 8.52. The second-order valence-electron chi connectivity index (χ2n) is 7.07. The number of carbonyl (C=O) groups is 1. The Morgan fingerprint density at radius 1 is 1.39 bits per heavy atom. The van der Waals surface area contributed by atoms with E-state index in [4.69, 9.17) is 4.98 Å². The Bertz CT molecular complexity index is 699. The van der Waals surface area contributed by atoms with Gasteiger partial charge in [-0.2, -0.15) is 5.10 Å². The van der Waals surface area contributed by atoms with Crippen molar-refractivity contribution in [3.63, 3.8) is 0 Å². The maximum atomic E-state index is 12.9. The molecule has 0 aromatic carbocycles. The topological polar surface area (TPSA) is 66.8 Å². The summed E-state index contributed by atoms with van der Waals surface area (Å²) in [7, 11) is 0. The molecular formula is C17H23N5O. The van der Waals surface area contributed by atoms with Crippen molar-refractivity contribution in [2.24, 2.45) is 5.92 Å². The second kappa shape index (κ2) is 5.51. The quantitative estimate of drug-likeness (QED) is 0.943. The van der Waals surface area contributed by atoms with Crippen LogP contribution < -0.4 is 0 Å². The summed E-state index contributed by atoms with van der Waals surface area (Å²) in [4.78, 5) is 22.6. The Balaban J connectivity index is 1.67. The van der Waals surface area contributed by atoms with Crippen LogP contribution in [0.5, 0.6) is 0 Å². The predicted octanol–water partition coefficient (Wildman–Crippen LogP) is 2.73. The van der Waals surface area contributed by atoms with E-state index in [0.29, 0.717) is 23.9 Å². The van der Waals surface area contributed by atoms with Crippen molar-refractivity contribution >= 4 is 5.91 Å². The second-order valence-corrected chi connectivity index (χ2v) is 7.07. The van der Waals surface area contributed by atoms with Crippen LogP contribution in [0.25, 0.3) is 0 Å². The normalized spacial score (nSPS) is 20.8. The molecule has 0 radical (unpaired) electrons. The molecule has 1 fully saturated rings. The van der Waals surface area contributed by atoms with Crippen LogP contribution in [0.4, 0.5) is 0 Å². The van der Waals surface area contributed by atoms with E-state index in [1.807, 2.05) is 15.6 Å². The molecule has 122 valence electrons. The summed E-state index contributed by atoms with van der Waals surface area (Å²) in [6.07, 6.45) is 6.87. The lowest BCUT2D eigenvalue weighted by molar-refractivity contribution is 0.0579. The van der Waals surface area contributed by atoms with Gasteiger partial charge in [0.2, 0.25) is 0 Å². The highest BCUT2D eigenvalue weighted by atomic mass is 16.2. The molecule has 1 amide bonds. The van der Waals surface area contributed by atoms with Gasteiger partial charge in [0.1, 0.15) is 5.82 Å². The molecule has 6 nitrogen and oxygen atoms in total. The van der Waals surface area contributed by atoms with Crippen molar-refractivity contribution in [2.75, 3.05) is 6.54 Å². The van der Waals surface area contributed by atoms with Gasteiger partial charge in [0.25, 0.3) is 5.91 Å². The highest BCUT2D eigenvalue weighted by Crippen LogP contribution is 2.40. The molecule has 0 spiro atoms. The molecule has 0 saturated heterocycles. The Morgan fingerprint density at radius 3 is 2.87 bits per heavy atom. The zero-order chi connectivity index (χ0) is 16.0. The van der Waals surface area contributed by atoms with E-state index in [1.54, 1.807) is 12.4 Å². The van der Waals surface area contributed by atoms with E-state index < -0.39 is 0 Å². The molecule has 4 rings (SSSR count).